The number of fused-ring (bicyclic) bond motifs is 5. The Bertz CT molecular complexity index is 2200. The van der Waals surface area contributed by atoms with Crippen molar-refractivity contribution < 1.29 is 98.7 Å². The number of rotatable bonds is 22. The minimum Gasteiger partial charge on any atom is -0.481 e. The van der Waals surface area contributed by atoms with Crippen LogP contribution in [0.15, 0.2) is 11.6 Å². The highest BCUT2D eigenvalue weighted by molar-refractivity contribution is 14.1. The second-order valence-corrected chi connectivity index (χ2v) is 28.3. The first-order valence-electron chi connectivity index (χ1n) is 29.8. The Hall–Kier alpha value is -2.01. The number of esters is 1. The van der Waals surface area contributed by atoms with Gasteiger partial charge in [-0.1, -0.05) is 121 Å². The number of carbonyl (C=O) groups is 4. The molecular formula is C59H96INO20. The van der Waals surface area contributed by atoms with Crippen LogP contribution in [0.25, 0.3) is 0 Å². The molecule has 464 valence electrons. The molecule has 0 bridgehead atoms. The number of aliphatic carboxylic acids is 1. The van der Waals surface area contributed by atoms with Crippen molar-refractivity contribution in [3.05, 3.63) is 11.6 Å². The lowest BCUT2D eigenvalue weighted by Crippen LogP contribution is -2.69. The molecule has 0 radical (unpaired) electrons. The van der Waals surface area contributed by atoms with E-state index in [2.05, 4.69) is 54.8 Å². The number of aldehydes is 1. The number of carboxylic acids is 1. The Morgan fingerprint density at radius 3 is 2.00 bits per heavy atom. The highest BCUT2D eigenvalue weighted by Crippen LogP contribution is 2.74. The van der Waals surface area contributed by atoms with Gasteiger partial charge < -0.3 is 89.6 Å². The molecule has 7 aliphatic rings. The molecular weight excluding hydrogens is 1170 g/mol. The number of unbranched alkanes of at least 4 members (excludes halogenated alkanes) is 7. The van der Waals surface area contributed by atoms with Crippen LogP contribution in [0.2, 0.25) is 0 Å². The number of hydrogen-bond donors (Lipinski definition) is 11. The molecule has 3 heterocycles. The van der Waals surface area contributed by atoms with Crippen LogP contribution in [0.3, 0.4) is 0 Å². The maximum atomic E-state index is 15.7. The zero-order valence-electron chi connectivity index (χ0n) is 48.7. The molecule has 3 saturated heterocycles. The van der Waals surface area contributed by atoms with Crippen LogP contribution in [-0.2, 0) is 47.6 Å². The number of carbonyl (C=O) groups excluding carboxylic acids is 3. The third-order valence-corrected chi connectivity index (χ3v) is 22.6. The molecule has 81 heavy (non-hydrogen) atoms. The fourth-order valence-corrected chi connectivity index (χ4v) is 17.4. The molecule has 0 spiro atoms. The zero-order chi connectivity index (χ0) is 59.8. The molecule has 1 amide bonds. The summed E-state index contributed by atoms with van der Waals surface area (Å²) in [5.41, 5.74) is -3.21. The zero-order valence-corrected chi connectivity index (χ0v) is 50.9. The smallest absolute Gasteiger partial charge is 0.318 e. The Labute approximate surface area is 490 Å². The average molecular weight is 1270 g/mol. The second kappa shape index (κ2) is 26.5. The van der Waals surface area contributed by atoms with Crippen molar-refractivity contribution in [3.63, 3.8) is 0 Å². The number of ether oxygens (including phenoxy) is 6. The minimum atomic E-state index is -1.96. The van der Waals surface area contributed by atoms with Gasteiger partial charge in [0.05, 0.1) is 46.9 Å². The van der Waals surface area contributed by atoms with Crippen molar-refractivity contribution in [2.45, 2.75) is 273 Å². The number of aliphatic hydroxyl groups excluding tert-OH is 9. The van der Waals surface area contributed by atoms with Gasteiger partial charge in [0.25, 0.3) is 0 Å². The molecule has 0 aromatic rings. The summed E-state index contributed by atoms with van der Waals surface area (Å²) in [6, 6.07) is -1.37. The first-order valence-corrected chi connectivity index (χ1v) is 31.0. The van der Waals surface area contributed by atoms with Crippen molar-refractivity contribution in [1.29, 1.82) is 0 Å². The molecule has 16 unspecified atom stereocenters. The van der Waals surface area contributed by atoms with E-state index in [-0.39, 0.29) is 48.3 Å². The van der Waals surface area contributed by atoms with Crippen molar-refractivity contribution in [3.8, 4) is 0 Å². The molecule has 22 heteroatoms. The van der Waals surface area contributed by atoms with Crippen molar-refractivity contribution in [2.75, 3.05) is 13.2 Å². The third-order valence-electron chi connectivity index (χ3n) is 20.8. The van der Waals surface area contributed by atoms with Crippen LogP contribution >= 0.6 is 22.6 Å². The number of halogens is 1. The van der Waals surface area contributed by atoms with E-state index in [9.17, 15) is 60.3 Å². The molecule has 4 aliphatic carbocycles. The van der Waals surface area contributed by atoms with E-state index in [1.165, 1.54) is 6.92 Å². The largest absolute Gasteiger partial charge is 0.481 e. The molecule has 21 nitrogen and oxygen atoms in total. The maximum absolute atomic E-state index is 15.7. The van der Waals surface area contributed by atoms with E-state index in [0.29, 0.717) is 38.5 Å². The lowest BCUT2D eigenvalue weighted by molar-refractivity contribution is -0.369. The van der Waals surface area contributed by atoms with E-state index in [1.54, 1.807) is 0 Å². The number of nitrogens with one attached hydrogen (secondary N) is 1. The average Bonchev–Trinajstić information content (AvgIpc) is 3.60. The normalized spacial score (nSPS) is 45.4. The minimum absolute atomic E-state index is 0.0513. The van der Waals surface area contributed by atoms with Crippen LogP contribution in [0.4, 0.5) is 0 Å². The Balaban J connectivity index is 1.15. The van der Waals surface area contributed by atoms with Gasteiger partial charge in [-0.25, -0.2) is 0 Å². The van der Waals surface area contributed by atoms with Crippen molar-refractivity contribution in [2.24, 2.45) is 44.3 Å². The summed E-state index contributed by atoms with van der Waals surface area (Å²) in [6.07, 6.45) is -9.64. The molecule has 0 aromatic carbocycles. The van der Waals surface area contributed by atoms with Crippen LogP contribution in [0.5, 0.6) is 0 Å². The number of carboxylic acid groups (broad SMARTS) is 1. The maximum Gasteiger partial charge on any atom is 0.318 e. The van der Waals surface area contributed by atoms with E-state index in [4.69, 9.17) is 33.5 Å². The van der Waals surface area contributed by atoms with Gasteiger partial charge in [0, 0.05) is 12.8 Å². The van der Waals surface area contributed by atoms with E-state index in [1.807, 2.05) is 27.7 Å². The molecule has 7 rings (SSSR count). The van der Waals surface area contributed by atoms with Crippen LogP contribution < -0.4 is 5.32 Å². The number of allylic oxidation sites excluding steroid dienone is 2. The quantitative estimate of drug-likeness (QED) is 0.0183. The highest BCUT2D eigenvalue weighted by Gasteiger charge is 2.71. The third kappa shape index (κ3) is 13.2. The highest BCUT2D eigenvalue weighted by atomic mass is 127. The van der Waals surface area contributed by atoms with E-state index >= 15 is 4.79 Å². The van der Waals surface area contributed by atoms with Crippen LogP contribution in [0.1, 0.15) is 171 Å². The Kier molecular flexibility index (Phi) is 21.8. The van der Waals surface area contributed by atoms with Gasteiger partial charge in [-0.2, -0.15) is 0 Å². The monoisotopic (exact) mass is 1270 g/mol. The Morgan fingerprint density at radius 2 is 1.38 bits per heavy atom. The standard InChI is InChI=1S/C59H96INO20/c1-31-47(79-50-45(73)42(70)33(64)29-76-50)44(72)46(74)51(77-31)80-48-43(71)41(61-39(67)17-15-13-11-9-10-12-14-16-18-40(68)69)34(28-62)78-52(48)81-53(75)59(26-25-54(2,3)4)38(66)27-58(8)32(49(59)60)19-20-36-55(5)23-22-37(65)56(6,30-63)35(55)21-24-57(36,58)7/h19,30-31,33-38,41-52,62,64-66,70-74H,9-18,20-29H2,1-8H3,(H,61,67)(H,68,69)/t31?,33-,34?,35?,36?,37+,38?,41+,42?,43?,44?,45?,46?,47+,48?,49?,50+,51+,52+,55?,56?,57?,58?,59+/m1/s1. The van der Waals surface area contributed by atoms with Gasteiger partial charge in [-0.3, -0.25) is 14.4 Å². The molecule has 3 saturated carbocycles. The fraction of sp³-hybridized carbons (Fsp3) is 0.898. The number of amides is 1. The molecule has 6 fully saturated rings. The topological polar surface area (TPSA) is 338 Å². The summed E-state index contributed by atoms with van der Waals surface area (Å²) in [5, 5.41) is 113. The van der Waals surface area contributed by atoms with Crippen molar-refractivity contribution >= 4 is 46.7 Å². The van der Waals surface area contributed by atoms with Gasteiger partial charge in [-0.05, 0) is 105 Å². The SMILES string of the molecule is CC1O[C@@H](OC2C(O)[C@@H](NC(=O)CCCCCCCCCCC(=O)O)C(CO)O[C@H]2OC(=O)[C@@]2(CCC(C)(C)C)C(O)CC3(C)C(=CCC4C5(C)CC[C@H](O)C(C)(C=O)C5CCC43C)C2I)C(O)C(O)[C@H]1O[C@@H]1OC[C@@H](O)C(O)C1O. The molecule has 0 aromatic heterocycles. The Morgan fingerprint density at radius 1 is 0.765 bits per heavy atom. The van der Waals surface area contributed by atoms with Gasteiger partial charge in [0.2, 0.25) is 12.2 Å². The summed E-state index contributed by atoms with van der Waals surface area (Å²) in [5.74, 6) is -2.14. The van der Waals surface area contributed by atoms with Gasteiger partial charge in [0.1, 0.15) is 60.5 Å². The van der Waals surface area contributed by atoms with Gasteiger partial charge in [0.15, 0.2) is 18.7 Å². The van der Waals surface area contributed by atoms with E-state index in [0.717, 1.165) is 63.2 Å². The molecule has 24 atom stereocenters. The van der Waals surface area contributed by atoms with E-state index < -0.39 is 155 Å². The number of aliphatic hydroxyl groups is 9. The lowest BCUT2D eigenvalue weighted by atomic mass is 9.35. The lowest BCUT2D eigenvalue weighted by Gasteiger charge is -2.70. The van der Waals surface area contributed by atoms with Gasteiger partial charge >= 0.3 is 11.9 Å². The summed E-state index contributed by atoms with van der Waals surface area (Å²) >= 11 is 2.28. The fourth-order valence-electron chi connectivity index (χ4n) is 15.5. The first kappa shape index (κ1) is 66.5. The van der Waals surface area contributed by atoms with Gasteiger partial charge in [-0.15, -0.1) is 0 Å². The summed E-state index contributed by atoms with van der Waals surface area (Å²) < 4.78 is 35.8. The van der Waals surface area contributed by atoms with Crippen LogP contribution in [-0.4, -0.2) is 190 Å². The summed E-state index contributed by atoms with van der Waals surface area (Å²) in [4.78, 5) is 53.0. The first-order chi connectivity index (χ1) is 37.9. The van der Waals surface area contributed by atoms with Crippen molar-refractivity contribution in [1.82, 2.24) is 5.32 Å². The number of alkyl halides is 1. The predicted octanol–water partition coefficient (Wildman–Crippen LogP) is 3.87. The molecule has 3 aliphatic heterocycles. The summed E-state index contributed by atoms with van der Waals surface area (Å²) in [7, 11) is 0. The van der Waals surface area contributed by atoms with Crippen LogP contribution in [0, 0.1) is 44.3 Å². The summed E-state index contributed by atoms with van der Waals surface area (Å²) in [6.45, 7) is 15.0. The predicted molar refractivity (Wildman–Crippen MR) is 300 cm³/mol. The molecule has 11 N–H and O–H groups in total. The number of hydrogen-bond acceptors (Lipinski definition) is 19. The second-order valence-electron chi connectivity index (χ2n) is 27.1.